The Morgan fingerprint density at radius 1 is 0.970 bits per heavy atom. The molecule has 0 unspecified atom stereocenters. The summed E-state index contributed by atoms with van der Waals surface area (Å²) in [7, 11) is 3.43. The van der Waals surface area contributed by atoms with Gasteiger partial charge in [0.2, 0.25) is 5.91 Å². The number of nitrogens with one attached hydrogen (secondary N) is 2. The number of ether oxygens (including phenoxy) is 2. The third-order valence-electron chi connectivity index (χ3n) is 5.85. The zero-order valence-corrected chi connectivity index (χ0v) is 25.0. The van der Waals surface area contributed by atoms with Gasteiger partial charge in [0.05, 0.1) is 13.2 Å². The first-order valence-corrected chi connectivity index (χ1v) is 21.5. The predicted molar refractivity (Wildman–Crippen MR) is 137 cm³/mol. The third kappa shape index (κ3) is 14.0. The van der Waals surface area contributed by atoms with Gasteiger partial charge in [0.25, 0.3) is 0 Å². The fourth-order valence-electron chi connectivity index (χ4n) is 4.00. The molecule has 0 aromatic rings. The molecule has 0 radical (unpaired) electrons. The molecule has 0 bridgehead atoms. The first-order valence-electron chi connectivity index (χ1n) is 11.9. The number of methoxy groups -OCH3 is 2. The molecule has 0 saturated carbocycles. The van der Waals surface area contributed by atoms with Crippen LogP contribution < -0.4 is 9.34 Å². The van der Waals surface area contributed by atoms with Gasteiger partial charge in [-0.1, -0.05) is 0 Å². The number of hydrogen-bond acceptors (Lipinski definition) is 6. The van der Waals surface area contributed by atoms with Gasteiger partial charge in [-0.3, -0.25) is 4.79 Å². The molecular weight excluding hydrogens is 599 g/mol. The third-order valence-corrected chi connectivity index (χ3v) is 11.8. The molecule has 1 heterocycles. The van der Waals surface area contributed by atoms with Crippen molar-refractivity contribution in [3.8, 4) is 0 Å². The van der Waals surface area contributed by atoms with Gasteiger partial charge in [0.15, 0.2) is 0 Å². The van der Waals surface area contributed by atoms with Crippen LogP contribution in [0.1, 0.15) is 64.7 Å². The van der Waals surface area contributed by atoms with Crippen LogP contribution in [0.5, 0.6) is 0 Å². The summed E-state index contributed by atoms with van der Waals surface area (Å²) in [6, 6.07) is 0. The quantitative estimate of drug-likeness (QED) is 0.144. The SMILES string of the molecule is COCC1(COC)CCN(C(=O)CCCCCNC(=O)CCCC[O][Ga]([I])[NH]C(C)=O)CC1. The van der Waals surface area contributed by atoms with Crippen LogP contribution in [0.3, 0.4) is 0 Å². The van der Waals surface area contributed by atoms with Crippen molar-refractivity contribution in [3.63, 3.8) is 0 Å². The Morgan fingerprint density at radius 2 is 1.61 bits per heavy atom. The molecule has 33 heavy (non-hydrogen) atoms. The number of hydrogen-bond donors (Lipinski definition) is 2. The molecule has 9 nitrogen and oxygen atoms in total. The van der Waals surface area contributed by atoms with Gasteiger partial charge in [-0.05, 0) is 12.8 Å². The van der Waals surface area contributed by atoms with E-state index in [-0.39, 0.29) is 23.1 Å². The minimum absolute atomic E-state index is 0.0264. The summed E-state index contributed by atoms with van der Waals surface area (Å²) in [6.45, 7) is 5.60. The van der Waals surface area contributed by atoms with Crippen molar-refractivity contribution >= 4 is 50.7 Å². The summed E-state index contributed by atoms with van der Waals surface area (Å²) in [6.07, 6.45) is 7.13. The van der Waals surface area contributed by atoms with Crippen molar-refractivity contribution in [1.82, 2.24) is 14.2 Å². The number of likely N-dealkylation sites (tertiary alicyclic amines) is 1. The molecule has 1 fully saturated rings. The van der Waals surface area contributed by atoms with E-state index in [4.69, 9.17) is 13.0 Å². The van der Waals surface area contributed by atoms with Crippen molar-refractivity contribution in [2.75, 3.05) is 53.7 Å². The van der Waals surface area contributed by atoms with Gasteiger partial charge in [-0.25, -0.2) is 0 Å². The van der Waals surface area contributed by atoms with Crippen LogP contribution in [0.4, 0.5) is 0 Å². The van der Waals surface area contributed by atoms with E-state index in [1.807, 2.05) is 4.90 Å². The second kappa shape index (κ2) is 18.0. The monoisotopic (exact) mass is 639 g/mol. The van der Waals surface area contributed by atoms with E-state index in [0.29, 0.717) is 39.2 Å². The minimum Gasteiger partial charge on any atom is -0.0253 e. The smallest absolute Gasteiger partial charge is 0.0211 e. The number of piperidine rings is 1. The average molecular weight is 640 g/mol. The van der Waals surface area contributed by atoms with Crippen LogP contribution >= 0.6 is 19.7 Å². The summed E-state index contributed by atoms with van der Waals surface area (Å²) < 4.78 is 19.2. The Kier molecular flexibility index (Phi) is 16.7. The van der Waals surface area contributed by atoms with Crippen molar-refractivity contribution in [3.05, 3.63) is 0 Å². The predicted octanol–water partition coefficient (Wildman–Crippen LogP) is 2.31. The van der Waals surface area contributed by atoms with Gasteiger partial charge in [0, 0.05) is 32.7 Å². The van der Waals surface area contributed by atoms with Crippen LogP contribution in [0.15, 0.2) is 0 Å². The summed E-state index contributed by atoms with van der Waals surface area (Å²) in [4.78, 5) is 37.3. The second-order valence-electron chi connectivity index (χ2n) is 8.75. The summed E-state index contributed by atoms with van der Waals surface area (Å²) >= 11 is 0.0813. The van der Waals surface area contributed by atoms with Crippen LogP contribution in [0, 0.1) is 5.41 Å². The number of amides is 3. The van der Waals surface area contributed by atoms with E-state index in [1.165, 1.54) is 6.92 Å². The largest absolute Gasteiger partial charge is 0.0253 e. The molecule has 3 amide bonds. The number of halogens is 1. The molecule has 1 rings (SSSR count). The van der Waals surface area contributed by atoms with Gasteiger partial charge < -0.3 is 14.4 Å². The maximum Gasteiger partial charge on any atom is 0.0211 e. The molecule has 0 aromatic heterocycles. The Bertz CT molecular complexity index is 582. The zero-order chi connectivity index (χ0) is 24.5. The van der Waals surface area contributed by atoms with Crippen molar-refractivity contribution in [1.29, 1.82) is 0 Å². The molecule has 1 aliphatic heterocycles. The Hall–Kier alpha value is -0.344. The summed E-state index contributed by atoms with van der Waals surface area (Å²) in [5, 5.41) is 2.95. The molecule has 11 heteroatoms. The van der Waals surface area contributed by atoms with Crippen molar-refractivity contribution < 1.29 is 27.4 Å². The molecule has 1 saturated heterocycles. The van der Waals surface area contributed by atoms with Crippen LogP contribution in [-0.4, -0.2) is 89.6 Å². The Balaban J connectivity index is 2.03. The molecule has 1 aliphatic rings. The van der Waals surface area contributed by atoms with Crippen molar-refractivity contribution in [2.45, 2.75) is 64.7 Å². The molecular formula is C22H41GaIN3O6. The summed E-state index contributed by atoms with van der Waals surface area (Å²) in [5.41, 5.74) is 0.0264. The fourth-order valence-corrected chi connectivity index (χ4v) is 9.23. The number of carbonyl (C=O) groups is 3. The minimum atomic E-state index is -2.11. The number of unbranched alkanes of at least 4 members (excludes halogenated alkanes) is 3. The van der Waals surface area contributed by atoms with Crippen LogP contribution in [0.2, 0.25) is 0 Å². The molecule has 2 N–H and O–H groups in total. The molecule has 190 valence electrons. The summed E-state index contributed by atoms with van der Waals surface area (Å²) in [5.74, 6) is 0.238. The number of nitrogens with zero attached hydrogens (tertiary/aromatic N) is 1. The Labute approximate surface area is 215 Å². The van der Waals surface area contributed by atoms with E-state index in [1.54, 1.807) is 14.2 Å². The van der Waals surface area contributed by atoms with Crippen molar-refractivity contribution in [2.24, 2.45) is 5.41 Å². The van der Waals surface area contributed by atoms with E-state index < -0.39 is 13.3 Å². The van der Waals surface area contributed by atoms with Gasteiger partial charge in [0.1, 0.15) is 0 Å². The van der Waals surface area contributed by atoms with Gasteiger partial charge >= 0.3 is 132 Å². The maximum absolute atomic E-state index is 12.5. The second-order valence-corrected chi connectivity index (χ2v) is 17.3. The molecule has 0 aromatic carbocycles. The van der Waals surface area contributed by atoms with Crippen LogP contribution in [-0.2, 0) is 27.4 Å². The molecule has 0 aliphatic carbocycles. The average Bonchev–Trinajstić information content (AvgIpc) is 2.76. The Morgan fingerprint density at radius 3 is 2.21 bits per heavy atom. The van der Waals surface area contributed by atoms with Crippen LogP contribution in [0.25, 0.3) is 0 Å². The molecule has 0 spiro atoms. The van der Waals surface area contributed by atoms with Gasteiger partial charge in [-0.15, -0.1) is 0 Å². The van der Waals surface area contributed by atoms with E-state index >= 15 is 0 Å². The maximum atomic E-state index is 12.5. The van der Waals surface area contributed by atoms with E-state index in [9.17, 15) is 14.4 Å². The first-order chi connectivity index (χ1) is 15.8. The van der Waals surface area contributed by atoms with E-state index in [0.717, 1.165) is 58.0 Å². The molecule has 0 atom stereocenters. The number of rotatable bonds is 17. The zero-order valence-electron chi connectivity index (χ0n) is 20.5. The normalized spacial score (nSPS) is 15.2. The topological polar surface area (TPSA) is 106 Å². The fraction of sp³-hybridized carbons (Fsp3) is 0.864. The van der Waals surface area contributed by atoms with Gasteiger partial charge in [-0.2, -0.15) is 0 Å². The number of carbonyl (C=O) groups excluding carboxylic acids is 3. The first kappa shape index (κ1) is 30.7. The van der Waals surface area contributed by atoms with E-state index in [2.05, 4.69) is 29.0 Å². The standard InChI is InChI=1S/C20H37N2O5.C2H5NO.Ga.HI/c1-26-16-20(17-27-2)10-13-22(14-11-20)19(25)9-4-3-6-12-21-18(24)8-5-7-15-23;1-2(3)4;;/h3-17H2,1-2H3,(H,21,24);1H3,(H2,3,4);;1H/q-1;;+3;/p-2.